The van der Waals surface area contributed by atoms with Crippen LogP contribution in [0.5, 0.6) is 11.5 Å². The molecule has 0 spiro atoms. The molecule has 0 unspecified atom stereocenters. The lowest BCUT2D eigenvalue weighted by molar-refractivity contribution is -0.118. The minimum absolute atomic E-state index is 0.118. The number of carbonyl (C=O) groups is 3. The molecule has 2 heterocycles. The van der Waals surface area contributed by atoms with Crippen LogP contribution in [-0.4, -0.2) is 67.4 Å². The summed E-state index contributed by atoms with van der Waals surface area (Å²) in [4.78, 5) is 40.7. The molecule has 4 rings (SSSR count). The molecule has 1 aliphatic rings. The number of rotatable bonds is 7. The number of methoxy groups -OCH3 is 1. The number of anilines is 1. The van der Waals surface area contributed by atoms with Crippen LogP contribution in [0, 0.1) is 0 Å². The van der Waals surface area contributed by atoms with Crippen molar-refractivity contribution >= 4 is 23.4 Å². The number of piperazine rings is 1. The number of nitrogens with one attached hydrogen (secondary N) is 1. The molecule has 2 aromatic carbocycles. The SMILES string of the molecule is COc1cccc(NC(=O)COc2ccc(C(=O)N3CCN(C(=O)c4ccco4)CC3)cc2)c1. The van der Waals surface area contributed by atoms with Gasteiger partial charge in [0.15, 0.2) is 12.4 Å². The molecule has 3 aromatic rings. The summed E-state index contributed by atoms with van der Waals surface area (Å²) in [6, 6.07) is 17.0. The number of benzene rings is 2. The highest BCUT2D eigenvalue weighted by Gasteiger charge is 2.26. The van der Waals surface area contributed by atoms with Crippen molar-refractivity contribution in [3.05, 3.63) is 78.3 Å². The molecule has 1 saturated heterocycles. The van der Waals surface area contributed by atoms with Crippen molar-refractivity contribution in [1.29, 1.82) is 0 Å². The van der Waals surface area contributed by atoms with Gasteiger partial charge in [-0.2, -0.15) is 0 Å². The Balaban J connectivity index is 1.25. The Labute approximate surface area is 196 Å². The van der Waals surface area contributed by atoms with E-state index in [9.17, 15) is 14.4 Å². The summed E-state index contributed by atoms with van der Waals surface area (Å²) in [5.74, 6) is 0.820. The number of hydrogen-bond donors (Lipinski definition) is 1. The maximum Gasteiger partial charge on any atom is 0.289 e. The Morgan fingerprint density at radius 3 is 2.24 bits per heavy atom. The van der Waals surface area contributed by atoms with Crippen molar-refractivity contribution in [2.24, 2.45) is 0 Å². The van der Waals surface area contributed by atoms with Crippen LogP contribution in [0.3, 0.4) is 0 Å². The van der Waals surface area contributed by atoms with Crippen LogP contribution >= 0.6 is 0 Å². The predicted molar refractivity (Wildman–Crippen MR) is 124 cm³/mol. The van der Waals surface area contributed by atoms with Gasteiger partial charge in [-0.15, -0.1) is 0 Å². The number of hydrogen-bond acceptors (Lipinski definition) is 6. The van der Waals surface area contributed by atoms with E-state index in [1.165, 1.54) is 6.26 Å². The lowest BCUT2D eigenvalue weighted by Crippen LogP contribution is -2.50. The third-order valence-electron chi connectivity index (χ3n) is 5.41. The minimum atomic E-state index is -0.310. The lowest BCUT2D eigenvalue weighted by Gasteiger charge is -2.34. The summed E-state index contributed by atoms with van der Waals surface area (Å²) in [5, 5.41) is 2.74. The molecule has 1 N–H and O–H groups in total. The Morgan fingerprint density at radius 2 is 1.59 bits per heavy atom. The minimum Gasteiger partial charge on any atom is -0.497 e. The molecule has 1 fully saturated rings. The number of ether oxygens (including phenoxy) is 2. The molecule has 9 heteroatoms. The molecule has 176 valence electrons. The van der Waals surface area contributed by atoms with Crippen LogP contribution in [0.25, 0.3) is 0 Å². The lowest BCUT2D eigenvalue weighted by atomic mass is 10.1. The van der Waals surface area contributed by atoms with Crippen molar-refractivity contribution in [2.75, 3.05) is 45.2 Å². The van der Waals surface area contributed by atoms with Gasteiger partial charge in [-0.1, -0.05) is 6.07 Å². The topological polar surface area (TPSA) is 101 Å². The fraction of sp³-hybridized carbons (Fsp3) is 0.240. The van der Waals surface area contributed by atoms with E-state index in [-0.39, 0.29) is 24.3 Å². The van der Waals surface area contributed by atoms with Crippen molar-refractivity contribution in [3.8, 4) is 11.5 Å². The smallest absolute Gasteiger partial charge is 0.289 e. The first-order chi connectivity index (χ1) is 16.5. The molecule has 1 aromatic heterocycles. The number of carbonyl (C=O) groups excluding carboxylic acids is 3. The van der Waals surface area contributed by atoms with E-state index in [2.05, 4.69) is 5.32 Å². The van der Waals surface area contributed by atoms with E-state index >= 15 is 0 Å². The Kier molecular flexibility index (Phi) is 7.12. The van der Waals surface area contributed by atoms with E-state index in [0.717, 1.165) is 0 Å². The van der Waals surface area contributed by atoms with Gasteiger partial charge >= 0.3 is 0 Å². The van der Waals surface area contributed by atoms with Gasteiger partial charge in [0.2, 0.25) is 0 Å². The van der Waals surface area contributed by atoms with E-state index < -0.39 is 0 Å². The molecule has 1 aliphatic heterocycles. The van der Waals surface area contributed by atoms with Gasteiger partial charge in [-0.3, -0.25) is 14.4 Å². The fourth-order valence-corrected chi connectivity index (χ4v) is 3.59. The fourth-order valence-electron chi connectivity index (χ4n) is 3.59. The molecular weight excluding hydrogens is 438 g/mol. The quantitative estimate of drug-likeness (QED) is 0.578. The highest BCUT2D eigenvalue weighted by Crippen LogP contribution is 2.18. The molecule has 34 heavy (non-hydrogen) atoms. The average Bonchev–Trinajstić information content (AvgIpc) is 3.42. The van der Waals surface area contributed by atoms with Gasteiger partial charge in [0.25, 0.3) is 17.7 Å². The third-order valence-corrected chi connectivity index (χ3v) is 5.41. The summed E-state index contributed by atoms with van der Waals surface area (Å²) < 4.78 is 15.8. The Bertz CT molecular complexity index is 1140. The monoisotopic (exact) mass is 463 g/mol. The largest absolute Gasteiger partial charge is 0.497 e. The number of furan rings is 1. The highest BCUT2D eigenvalue weighted by atomic mass is 16.5. The van der Waals surface area contributed by atoms with Crippen molar-refractivity contribution in [3.63, 3.8) is 0 Å². The maximum atomic E-state index is 12.8. The summed E-state index contributed by atoms with van der Waals surface area (Å²) in [6.07, 6.45) is 1.47. The second-order valence-corrected chi connectivity index (χ2v) is 7.65. The zero-order valence-electron chi connectivity index (χ0n) is 18.7. The molecule has 0 saturated carbocycles. The highest BCUT2D eigenvalue weighted by molar-refractivity contribution is 5.95. The summed E-state index contributed by atoms with van der Waals surface area (Å²) >= 11 is 0. The maximum absolute atomic E-state index is 12.8. The van der Waals surface area contributed by atoms with Gasteiger partial charge < -0.3 is 29.0 Å². The van der Waals surface area contributed by atoms with Gasteiger partial charge in [0.05, 0.1) is 13.4 Å². The van der Waals surface area contributed by atoms with E-state index in [1.54, 1.807) is 77.6 Å². The summed E-state index contributed by atoms with van der Waals surface area (Å²) in [5.41, 5.74) is 1.12. The van der Waals surface area contributed by atoms with Crippen LogP contribution in [0.1, 0.15) is 20.9 Å². The molecular formula is C25H25N3O6. The zero-order chi connectivity index (χ0) is 23.9. The van der Waals surface area contributed by atoms with E-state index in [0.29, 0.717) is 54.7 Å². The molecule has 3 amide bonds. The van der Waals surface area contributed by atoms with Crippen molar-refractivity contribution < 1.29 is 28.3 Å². The van der Waals surface area contributed by atoms with Gasteiger partial charge in [-0.25, -0.2) is 0 Å². The van der Waals surface area contributed by atoms with E-state index in [1.807, 2.05) is 0 Å². The van der Waals surface area contributed by atoms with Gasteiger partial charge in [0.1, 0.15) is 11.5 Å². The first-order valence-electron chi connectivity index (χ1n) is 10.8. The second-order valence-electron chi connectivity index (χ2n) is 7.65. The summed E-state index contributed by atoms with van der Waals surface area (Å²) in [7, 11) is 1.56. The van der Waals surface area contributed by atoms with Gasteiger partial charge in [-0.05, 0) is 48.5 Å². The molecule has 0 bridgehead atoms. The Morgan fingerprint density at radius 1 is 0.882 bits per heavy atom. The van der Waals surface area contributed by atoms with Crippen LogP contribution < -0.4 is 14.8 Å². The van der Waals surface area contributed by atoms with Gasteiger partial charge in [0, 0.05) is 43.5 Å². The van der Waals surface area contributed by atoms with Crippen LogP contribution in [0.4, 0.5) is 5.69 Å². The molecule has 0 atom stereocenters. The van der Waals surface area contributed by atoms with Crippen LogP contribution in [-0.2, 0) is 4.79 Å². The van der Waals surface area contributed by atoms with E-state index in [4.69, 9.17) is 13.9 Å². The second kappa shape index (κ2) is 10.6. The number of nitrogens with zero attached hydrogens (tertiary/aromatic N) is 2. The average molecular weight is 463 g/mol. The van der Waals surface area contributed by atoms with Crippen molar-refractivity contribution in [1.82, 2.24) is 9.80 Å². The Hall–Kier alpha value is -4.27. The molecule has 0 aliphatic carbocycles. The normalized spacial score (nSPS) is 13.3. The first kappa shape index (κ1) is 22.9. The molecule has 9 nitrogen and oxygen atoms in total. The first-order valence-corrected chi connectivity index (χ1v) is 10.8. The standard InChI is InChI=1S/C25H25N3O6/c1-32-21-5-2-4-19(16-21)26-23(29)17-34-20-9-7-18(8-10-20)24(30)27-11-13-28(14-12-27)25(31)22-6-3-15-33-22/h2-10,15-16H,11-14,17H2,1H3,(H,26,29). The molecule has 0 radical (unpaired) electrons. The zero-order valence-corrected chi connectivity index (χ0v) is 18.7. The van der Waals surface area contributed by atoms with Crippen molar-refractivity contribution in [2.45, 2.75) is 0 Å². The predicted octanol–water partition coefficient (Wildman–Crippen LogP) is 2.90. The summed E-state index contributed by atoms with van der Waals surface area (Å²) in [6.45, 7) is 1.59. The number of amides is 3. The van der Waals surface area contributed by atoms with Crippen LogP contribution in [0.2, 0.25) is 0 Å². The van der Waals surface area contributed by atoms with Crippen LogP contribution in [0.15, 0.2) is 71.3 Å². The third kappa shape index (κ3) is 5.55.